The van der Waals surface area contributed by atoms with Gasteiger partial charge in [0.25, 0.3) is 0 Å². The Morgan fingerprint density at radius 1 is 1.53 bits per heavy atom. The number of carboxylic acids is 1. The third-order valence-electron chi connectivity index (χ3n) is 1.68. The minimum absolute atomic E-state index is 0.0918. The summed E-state index contributed by atoms with van der Waals surface area (Å²) in [5.74, 6) is -0.988. The summed E-state index contributed by atoms with van der Waals surface area (Å²) >= 11 is 3.99. The topological polar surface area (TPSA) is 83.5 Å². The van der Waals surface area contributed by atoms with Gasteiger partial charge in [-0.2, -0.15) is 0 Å². The van der Waals surface area contributed by atoms with Gasteiger partial charge in [0.1, 0.15) is 4.21 Å². The van der Waals surface area contributed by atoms with Crippen molar-refractivity contribution in [3.05, 3.63) is 28.1 Å². The molecule has 0 amide bonds. The molecule has 94 valence electrons. The smallest absolute Gasteiger partial charge is 0.308 e. The number of sulfonamides is 1. The summed E-state index contributed by atoms with van der Waals surface area (Å²) in [6.45, 7) is 3.60. The molecule has 0 aliphatic carbocycles. The van der Waals surface area contributed by atoms with Gasteiger partial charge in [0.2, 0.25) is 10.0 Å². The van der Waals surface area contributed by atoms with Crippen molar-refractivity contribution >= 4 is 43.3 Å². The summed E-state index contributed by atoms with van der Waals surface area (Å²) in [6.07, 6.45) is -0.175. The number of carbonyl (C=O) groups is 1. The number of hydrogen-bond acceptors (Lipinski definition) is 4. The highest BCUT2D eigenvalue weighted by molar-refractivity contribution is 9.11. The largest absolute Gasteiger partial charge is 0.481 e. The Bertz CT molecular complexity index is 535. The predicted octanol–water partition coefficient (Wildman–Crippen LogP) is 1.56. The van der Waals surface area contributed by atoms with E-state index in [-0.39, 0.29) is 17.2 Å². The molecule has 0 aliphatic heterocycles. The second kappa shape index (κ2) is 5.76. The van der Waals surface area contributed by atoms with Crippen LogP contribution in [0.5, 0.6) is 0 Å². The molecule has 1 aromatic heterocycles. The number of aliphatic carboxylic acids is 1. The Morgan fingerprint density at radius 3 is 2.71 bits per heavy atom. The third-order valence-corrected chi connectivity index (χ3v) is 4.94. The minimum Gasteiger partial charge on any atom is -0.481 e. The first-order valence-electron chi connectivity index (χ1n) is 4.44. The van der Waals surface area contributed by atoms with Crippen molar-refractivity contribution in [3.63, 3.8) is 0 Å². The van der Waals surface area contributed by atoms with Crippen LogP contribution in [0.15, 0.2) is 27.4 Å². The minimum atomic E-state index is -3.59. The molecule has 2 N–H and O–H groups in total. The molecule has 5 nitrogen and oxygen atoms in total. The lowest BCUT2D eigenvalue weighted by Gasteiger charge is -2.02. The number of hydrogen-bond donors (Lipinski definition) is 2. The fraction of sp³-hybridized carbons (Fsp3) is 0.222. The normalized spacial score (nSPS) is 11.4. The third kappa shape index (κ3) is 4.58. The van der Waals surface area contributed by atoms with Crippen molar-refractivity contribution in [2.45, 2.75) is 10.6 Å². The molecule has 0 aromatic carbocycles. The molecule has 0 radical (unpaired) electrons. The van der Waals surface area contributed by atoms with Crippen LogP contribution >= 0.6 is 27.3 Å². The average Bonchev–Trinajstić information content (AvgIpc) is 2.63. The number of halogens is 1. The Balaban J connectivity index is 2.81. The Labute approximate surface area is 111 Å². The quantitative estimate of drug-likeness (QED) is 0.823. The molecule has 0 unspecified atom stereocenters. The number of thiophene rings is 1. The van der Waals surface area contributed by atoms with E-state index in [4.69, 9.17) is 5.11 Å². The van der Waals surface area contributed by atoms with Crippen LogP contribution in [0, 0.1) is 0 Å². The van der Waals surface area contributed by atoms with Gasteiger partial charge in [0.15, 0.2) is 0 Å². The van der Waals surface area contributed by atoms with E-state index in [1.807, 2.05) is 0 Å². The molecule has 8 heteroatoms. The number of nitrogens with one attached hydrogen (secondary N) is 1. The van der Waals surface area contributed by atoms with Gasteiger partial charge in [-0.1, -0.05) is 22.5 Å². The van der Waals surface area contributed by atoms with E-state index in [0.29, 0.717) is 9.36 Å². The lowest BCUT2D eigenvalue weighted by atomic mass is 10.3. The van der Waals surface area contributed by atoms with Crippen molar-refractivity contribution in [1.29, 1.82) is 0 Å². The second-order valence-corrected chi connectivity index (χ2v) is 7.42. The van der Waals surface area contributed by atoms with E-state index in [1.54, 1.807) is 0 Å². The highest BCUT2D eigenvalue weighted by Crippen LogP contribution is 2.22. The fourth-order valence-corrected chi connectivity index (χ4v) is 3.73. The summed E-state index contributed by atoms with van der Waals surface area (Å²) in [5.41, 5.74) is 0. The Hall–Kier alpha value is -0.700. The van der Waals surface area contributed by atoms with Crippen LogP contribution in [-0.4, -0.2) is 26.0 Å². The Morgan fingerprint density at radius 2 is 2.18 bits per heavy atom. The molecule has 0 bridgehead atoms. The molecule has 1 aromatic rings. The van der Waals surface area contributed by atoms with Crippen LogP contribution in [0.25, 0.3) is 0 Å². The second-order valence-electron chi connectivity index (χ2n) is 3.13. The molecule has 1 heterocycles. The molecule has 0 saturated heterocycles. The van der Waals surface area contributed by atoms with Gasteiger partial charge in [0, 0.05) is 15.9 Å². The van der Waals surface area contributed by atoms with Gasteiger partial charge in [-0.15, -0.1) is 11.3 Å². The lowest BCUT2D eigenvalue weighted by Crippen LogP contribution is -2.23. The van der Waals surface area contributed by atoms with E-state index in [2.05, 4.69) is 27.2 Å². The van der Waals surface area contributed by atoms with Gasteiger partial charge in [-0.05, 0) is 12.1 Å². The van der Waals surface area contributed by atoms with Crippen molar-refractivity contribution in [2.75, 3.05) is 6.54 Å². The monoisotopic (exact) mass is 339 g/mol. The van der Waals surface area contributed by atoms with E-state index >= 15 is 0 Å². The maximum Gasteiger partial charge on any atom is 0.308 e. The van der Waals surface area contributed by atoms with E-state index < -0.39 is 16.0 Å². The zero-order valence-corrected chi connectivity index (χ0v) is 11.9. The molecule has 0 saturated carbocycles. The molecule has 0 atom stereocenters. The van der Waals surface area contributed by atoms with Crippen LogP contribution in [0.3, 0.4) is 0 Å². The van der Waals surface area contributed by atoms with Crippen LogP contribution in [-0.2, 0) is 21.2 Å². The van der Waals surface area contributed by atoms with Crippen LogP contribution < -0.4 is 4.72 Å². The van der Waals surface area contributed by atoms with Gasteiger partial charge in [0.05, 0.1) is 6.42 Å². The maximum absolute atomic E-state index is 11.7. The van der Waals surface area contributed by atoms with Crippen molar-refractivity contribution in [2.24, 2.45) is 0 Å². The highest BCUT2D eigenvalue weighted by atomic mass is 79.9. The fourth-order valence-electron chi connectivity index (χ4n) is 0.991. The maximum atomic E-state index is 11.7. The van der Waals surface area contributed by atoms with Crippen molar-refractivity contribution in [1.82, 2.24) is 4.72 Å². The number of rotatable bonds is 6. The summed E-state index contributed by atoms with van der Waals surface area (Å²) < 4.78 is 26.4. The summed E-state index contributed by atoms with van der Waals surface area (Å²) in [4.78, 5) is 11.0. The first kappa shape index (κ1) is 14.4. The highest BCUT2D eigenvalue weighted by Gasteiger charge is 2.17. The predicted molar refractivity (Wildman–Crippen MR) is 68.9 cm³/mol. The van der Waals surface area contributed by atoms with Crippen LogP contribution in [0.4, 0.5) is 0 Å². The van der Waals surface area contributed by atoms with Gasteiger partial charge in [-0.3, -0.25) is 4.79 Å². The lowest BCUT2D eigenvalue weighted by molar-refractivity contribution is -0.136. The Kier molecular flexibility index (Phi) is 4.87. The van der Waals surface area contributed by atoms with Gasteiger partial charge < -0.3 is 5.11 Å². The van der Waals surface area contributed by atoms with E-state index in [9.17, 15) is 13.2 Å². The summed E-state index contributed by atoms with van der Waals surface area (Å²) in [6, 6.07) is 2.89. The molecule has 0 fully saturated rings. The molecule has 0 spiro atoms. The molecule has 1 rings (SSSR count). The van der Waals surface area contributed by atoms with Gasteiger partial charge >= 0.3 is 5.97 Å². The summed E-state index contributed by atoms with van der Waals surface area (Å²) in [5, 5.41) is 8.58. The first-order valence-corrected chi connectivity index (χ1v) is 7.54. The van der Waals surface area contributed by atoms with E-state index in [1.165, 1.54) is 12.1 Å². The van der Waals surface area contributed by atoms with Crippen molar-refractivity contribution < 1.29 is 18.3 Å². The zero-order valence-electron chi connectivity index (χ0n) is 8.64. The average molecular weight is 340 g/mol. The van der Waals surface area contributed by atoms with Crippen molar-refractivity contribution in [3.8, 4) is 0 Å². The summed E-state index contributed by atoms with van der Waals surface area (Å²) in [7, 11) is -3.59. The standard InChI is InChI=1S/C9H10BrNO4S2/c1-6(10)5-11-17(14,15)9-3-2-7(16-9)4-8(12)13/h2-3,11H,1,4-5H2,(H,12,13). The number of carboxylic acid groups (broad SMARTS) is 1. The SMILES string of the molecule is C=C(Br)CNS(=O)(=O)c1ccc(CC(=O)O)s1. The molecule has 17 heavy (non-hydrogen) atoms. The molecule has 0 aliphatic rings. The molecular formula is C9H10BrNO4S2. The van der Waals surface area contributed by atoms with Gasteiger partial charge in [-0.25, -0.2) is 13.1 Å². The van der Waals surface area contributed by atoms with E-state index in [0.717, 1.165) is 11.3 Å². The van der Waals surface area contributed by atoms with Crippen LogP contribution in [0.1, 0.15) is 4.88 Å². The zero-order chi connectivity index (χ0) is 13.1. The van der Waals surface area contributed by atoms with Crippen LogP contribution in [0.2, 0.25) is 0 Å². The first-order chi connectivity index (χ1) is 7.81. The molecular weight excluding hydrogens is 330 g/mol.